The first kappa shape index (κ1) is 11.9. The number of nitrogens with two attached hydrogens (primary N) is 1. The quantitative estimate of drug-likeness (QED) is 0.890. The summed E-state index contributed by atoms with van der Waals surface area (Å²) in [5.41, 5.74) is 5.82. The lowest BCUT2D eigenvalue weighted by atomic mass is 9.80. The number of nitrogen functional groups attached to an aromatic ring is 1. The van der Waals surface area contributed by atoms with Gasteiger partial charge in [-0.15, -0.1) is 0 Å². The summed E-state index contributed by atoms with van der Waals surface area (Å²) in [6.45, 7) is 2.29. The Kier molecular flexibility index (Phi) is 3.18. The van der Waals surface area contributed by atoms with Crippen LogP contribution in [0.2, 0.25) is 0 Å². The number of hydrogen-bond acceptors (Lipinski definition) is 4. The highest BCUT2D eigenvalue weighted by atomic mass is 15.1. The molecule has 0 atom stereocenters. The summed E-state index contributed by atoms with van der Waals surface area (Å²) in [6.07, 6.45) is 8.78. The van der Waals surface area contributed by atoms with Gasteiger partial charge in [0.05, 0.1) is 0 Å². The Morgan fingerprint density at radius 1 is 0.889 bits per heavy atom. The van der Waals surface area contributed by atoms with Crippen molar-refractivity contribution in [2.75, 3.05) is 5.73 Å². The summed E-state index contributed by atoms with van der Waals surface area (Å²) in [5.74, 6) is 4.29. The molecule has 2 aliphatic carbocycles. The third-order valence-electron chi connectivity index (χ3n) is 4.42. The van der Waals surface area contributed by atoms with E-state index in [4.69, 9.17) is 5.73 Å². The molecule has 1 heterocycles. The van der Waals surface area contributed by atoms with Gasteiger partial charge in [0.25, 0.3) is 0 Å². The van der Waals surface area contributed by atoms with Gasteiger partial charge in [-0.05, 0) is 44.4 Å². The van der Waals surface area contributed by atoms with E-state index in [-0.39, 0.29) is 0 Å². The zero-order valence-corrected chi connectivity index (χ0v) is 11.1. The fourth-order valence-corrected chi connectivity index (χ4v) is 2.96. The van der Waals surface area contributed by atoms with Crippen LogP contribution in [0.4, 0.5) is 5.95 Å². The molecule has 3 rings (SSSR count). The van der Waals surface area contributed by atoms with E-state index in [1.54, 1.807) is 0 Å². The summed E-state index contributed by atoms with van der Waals surface area (Å²) in [4.78, 5) is 13.3. The zero-order valence-electron chi connectivity index (χ0n) is 11.1. The lowest BCUT2D eigenvalue weighted by molar-refractivity contribution is 0.311. The van der Waals surface area contributed by atoms with Crippen LogP contribution in [0.5, 0.6) is 0 Å². The predicted molar refractivity (Wildman–Crippen MR) is 71.2 cm³/mol. The largest absolute Gasteiger partial charge is 0.368 e. The highest BCUT2D eigenvalue weighted by Crippen LogP contribution is 2.40. The van der Waals surface area contributed by atoms with E-state index in [1.807, 2.05) is 0 Å². The molecule has 98 valence electrons. The average molecular weight is 246 g/mol. The minimum atomic E-state index is 0.416. The van der Waals surface area contributed by atoms with Gasteiger partial charge in [-0.2, -0.15) is 9.97 Å². The van der Waals surface area contributed by atoms with Gasteiger partial charge in [-0.25, -0.2) is 4.98 Å². The second-order valence-electron chi connectivity index (χ2n) is 5.81. The standard InChI is InChI=1S/C14H22N4/c1-2-9-3-5-10(6-4-9)12-16-13(11-7-8-11)18-14(15)17-12/h9-11H,2-8H2,1H3,(H2,15,16,17,18). The lowest BCUT2D eigenvalue weighted by Gasteiger charge is -2.26. The van der Waals surface area contributed by atoms with Gasteiger partial charge in [0, 0.05) is 11.8 Å². The smallest absolute Gasteiger partial charge is 0.223 e. The van der Waals surface area contributed by atoms with E-state index in [9.17, 15) is 0 Å². The molecule has 0 spiro atoms. The Labute approximate surface area is 108 Å². The van der Waals surface area contributed by atoms with Crippen molar-refractivity contribution < 1.29 is 0 Å². The van der Waals surface area contributed by atoms with Crippen LogP contribution in [0.15, 0.2) is 0 Å². The van der Waals surface area contributed by atoms with E-state index in [2.05, 4.69) is 21.9 Å². The Morgan fingerprint density at radius 2 is 1.39 bits per heavy atom. The van der Waals surface area contributed by atoms with Gasteiger partial charge in [-0.1, -0.05) is 13.3 Å². The molecule has 4 nitrogen and oxygen atoms in total. The predicted octanol–water partition coefficient (Wildman–Crippen LogP) is 3.02. The topological polar surface area (TPSA) is 64.7 Å². The van der Waals surface area contributed by atoms with Crippen LogP contribution < -0.4 is 5.73 Å². The molecular weight excluding hydrogens is 224 g/mol. The molecule has 0 saturated heterocycles. The van der Waals surface area contributed by atoms with Crippen molar-refractivity contribution in [3.8, 4) is 0 Å². The number of rotatable bonds is 3. The van der Waals surface area contributed by atoms with Crippen molar-refractivity contribution in [1.29, 1.82) is 0 Å². The fourth-order valence-electron chi connectivity index (χ4n) is 2.96. The molecule has 0 radical (unpaired) electrons. The van der Waals surface area contributed by atoms with Crippen molar-refractivity contribution in [3.63, 3.8) is 0 Å². The normalized spacial score (nSPS) is 28.3. The molecule has 0 aromatic carbocycles. The Balaban J connectivity index is 1.75. The third-order valence-corrected chi connectivity index (χ3v) is 4.42. The van der Waals surface area contributed by atoms with Crippen molar-refractivity contribution in [2.45, 2.75) is 63.7 Å². The van der Waals surface area contributed by atoms with Gasteiger partial charge in [0.2, 0.25) is 5.95 Å². The van der Waals surface area contributed by atoms with Crippen LogP contribution >= 0.6 is 0 Å². The maximum absolute atomic E-state index is 5.82. The van der Waals surface area contributed by atoms with Crippen molar-refractivity contribution >= 4 is 5.95 Å². The SMILES string of the molecule is CCC1CCC(c2nc(N)nc(C3CC3)n2)CC1. The molecule has 1 aromatic heterocycles. The van der Waals surface area contributed by atoms with E-state index in [1.165, 1.54) is 44.9 Å². The molecule has 0 unspecified atom stereocenters. The first-order valence-corrected chi connectivity index (χ1v) is 7.27. The number of nitrogens with zero attached hydrogens (tertiary/aromatic N) is 3. The van der Waals surface area contributed by atoms with Crippen LogP contribution in [0.1, 0.15) is 75.4 Å². The Bertz CT molecular complexity index is 420. The fraction of sp³-hybridized carbons (Fsp3) is 0.786. The van der Waals surface area contributed by atoms with Crippen LogP contribution in [0.3, 0.4) is 0 Å². The zero-order chi connectivity index (χ0) is 12.5. The molecule has 4 heteroatoms. The van der Waals surface area contributed by atoms with Crippen molar-refractivity contribution in [1.82, 2.24) is 15.0 Å². The maximum Gasteiger partial charge on any atom is 0.223 e. The molecule has 2 saturated carbocycles. The molecule has 1 aromatic rings. The van der Waals surface area contributed by atoms with Gasteiger partial charge in [0.15, 0.2) is 0 Å². The van der Waals surface area contributed by atoms with Crippen molar-refractivity contribution in [2.24, 2.45) is 5.92 Å². The second kappa shape index (κ2) is 4.82. The maximum atomic E-state index is 5.82. The van der Waals surface area contributed by atoms with Gasteiger partial charge in [0.1, 0.15) is 11.6 Å². The minimum absolute atomic E-state index is 0.416. The van der Waals surface area contributed by atoms with Gasteiger partial charge in [-0.3, -0.25) is 0 Å². The summed E-state index contributed by atoms with van der Waals surface area (Å²) < 4.78 is 0. The van der Waals surface area contributed by atoms with E-state index >= 15 is 0 Å². The van der Waals surface area contributed by atoms with Crippen LogP contribution in [-0.4, -0.2) is 15.0 Å². The first-order chi connectivity index (χ1) is 8.76. The molecule has 18 heavy (non-hydrogen) atoms. The second-order valence-corrected chi connectivity index (χ2v) is 5.81. The van der Waals surface area contributed by atoms with Crippen LogP contribution in [-0.2, 0) is 0 Å². The third kappa shape index (κ3) is 2.47. The number of hydrogen-bond donors (Lipinski definition) is 1. The highest BCUT2D eigenvalue weighted by molar-refractivity contribution is 5.21. The Morgan fingerprint density at radius 3 is 1.83 bits per heavy atom. The van der Waals surface area contributed by atoms with E-state index in [0.29, 0.717) is 17.8 Å². The number of aromatic nitrogens is 3. The average Bonchev–Trinajstić information content (AvgIpc) is 3.22. The van der Waals surface area contributed by atoms with Crippen molar-refractivity contribution in [3.05, 3.63) is 11.6 Å². The summed E-state index contributed by atoms with van der Waals surface area (Å²) in [7, 11) is 0. The molecule has 2 aliphatic rings. The molecule has 0 aliphatic heterocycles. The van der Waals surface area contributed by atoms with E-state index < -0.39 is 0 Å². The van der Waals surface area contributed by atoms with E-state index in [0.717, 1.165) is 17.6 Å². The summed E-state index contributed by atoms with van der Waals surface area (Å²) in [5, 5.41) is 0. The molecule has 0 bridgehead atoms. The molecular formula is C14H22N4. The molecule has 2 fully saturated rings. The monoisotopic (exact) mass is 246 g/mol. The first-order valence-electron chi connectivity index (χ1n) is 7.27. The number of anilines is 1. The van der Waals surface area contributed by atoms with Gasteiger partial charge < -0.3 is 5.73 Å². The summed E-state index contributed by atoms with van der Waals surface area (Å²) in [6, 6.07) is 0. The lowest BCUT2D eigenvalue weighted by Crippen LogP contribution is -2.17. The van der Waals surface area contributed by atoms with Crippen LogP contribution in [0, 0.1) is 5.92 Å². The summed E-state index contributed by atoms with van der Waals surface area (Å²) >= 11 is 0. The van der Waals surface area contributed by atoms with Crippen LogP contribution in [0.25, 0.3) is 0 Å². The minimum Gasteiger partial charge on any atom is -0.368 e. The highest BCUT2D eigenvalue weighted by Gasteiger charge is 2.29. The Hall–Kier alpha value is -1.19. The molecule has 0 amide bonds. The van der Waals surface area contributed by atoms with Gasteiger partial charge >= 0.3 is 0 Å². The molecule has 2 N–H and O–H groups in total.